The number of amides is 1. The first-order chi connectivity index (χ1) is 6.79. The standard InChI is InChI=1S/C11H20N2O/c1-2-3-9-8-13-10(14)11(9)4-6-12-7-5-11/h9,12H,2-8H2,1H3,(H,13,14). The summed E-state index contributed by atoms with van der Waals surface area (Å²) in [4.78, 5) is 11.9. The number of carbonyl (C=O) groups is 1. The summed E-state index contributed by atoms with van der Waals surface area (Å²) in [6.45, 7) is 5.13. The molecule has 0 saturated carbocycles. The zero-order valence-corrected chi connectivity index (χ0v) is 8.94. The zero-order chi connectivity index (χ0) is 10.0. The molecule has 2 aliphatic heterocycles. The van der Waals surface area contributed by atoms with E-state index in [1.54, 1.807) is 0 Å². The molecule has 0 aromatic heterocycles. The number of nitrogens with one attached hydrogen (secondary N) is 2. The van der Waals surface area contributed by atoms with Gasteiger partial charge in [0, 0.05) is 6.54 Å². The van der Waals surface area contributed by atoms with Crippen molar-refractivity contribution in [1.82, 2.24) is 10.6 Å². The maximum atomic E-state index is 11.9. The minimum absolute atomic E-state index is 0.0126. The second-order valence-corrected chi connectivity index (χ2v) is 4.60. The van der Waals surface area contributed by atoms with Crippen LogP contribution in [-0.4, -0.2) is 25.5 Å². The van der Waals surface area contributed by atoms with Crippen molar-refractivity contribution in [2.75, 3.05) is 19.6 Å². The molecule has 0 aromatic rings. The van der Waals surface area contributed by atoms with Crippen molar-refractivity contribution >= 4 is 5.91 Å². The molecule has 2 saturated heterocycles. The van der Waals surface area contributed by atoms with E-state index in [1.807, 2.05) is 0 Å². The first-order valence-corrected chi connectivity index (χ1v) is 5.78. The van der Waals surface area contributed by atoms with Crippen molar-refractivity contribution in [1.29, 1.82) is 0 Å². The van der Waals surface area contributed by atoms with Crippen LogP contribution in [0.5, 0.6) is 0 Å². The molecular formula is C11H20N2O. The van der Waals surface area contributed by atoms with E-state index in [9.17, 15) is 4.79 Å². The third-order valence-corrected chi connectivity index (χ3v) is 3.88. The lowest BCUT2D eigenvalue weighted by Crippen LogP contribution is -2.44. The Labute approximate surface area is 85.6 Å². The van der Waals surface area contributed by atoms with Crippen LogP contribution in [0.2, 0.25) is 0 Å². The van der Waals surface area contributed by atoms with Crippen molar-refractivity contribution in [3.05, 3.63) is 0 Å². The highest BCUT2D eigenvalue weighted by Crippen LogP contribution is 2.42. The highest BCUT2D eigenvalue weighted by molar-refractivity contribution is 5.85. The Morgan fingerprint density at radius 2 is 2.14 bits per heavy atom. The van der Waals surface area contributed by atoms with Crippen LogP contribution in [-0.2, 0) is 4.79 Å². The van der Waals surface area contributed by atoms with Crippen molar-refractivity contribution in [3.8, 4) is 0 Å². The lowest BCUT2D eigenvalue weighted by atomic mass is 9.69. The van der Waals surface area contributed by atoms with Crippen LogP contribution in [0.25, 0.3) is 0 Å². The van der Waals surface area contributed by atoms with E-state index < -0.39 is 0 Å². The van der Waals surface area contributed by atoms with E-state index in [-0.39, 0.29) is 5.41 Å². The largest absolute Gasteiger partial charge is 0.355 e. The average Bonchev–Trinajstić information content (AvgIpc) is 2.49. The molecule has 2 aliphatic rings. The molecule has 1 amide bonds. The maximum Gasteiger partial charge on any atom is 0.226 e. The molecule has 2 fully saturated rings. The van der Waals surface area contributed by atoms with Gasteiger partial charge in [-0.25, -0.2) is 0 Å². The van der Waals surface area contributed by atoms with Crippen molar-refractivity contribution < 1.29 is 4.79 Å². The Hall–Kier alpha value is -0.570. The van der Waals surface area contributed by atoms with Gasteiger partial charge >= 0.3 is 0 Å². The fourth-order valence-electron chi connectivity index (χ4n) is 3.01. The van der Waals surface area contributed by atoms with Gasteiger partial charge in [0.1, 0.15) is 0 Å². The van der Waals surface area contributed by atoms with E-state index in [2.05, 4.69) is 17.6 Å². The van der Waals surface area contributed by atoms with Gasteiger partial charge in [0.2, 0.25) is 5.91 Å². The predicted molar refractivity (Wildman–Crippen MR) is 55.9 cm³/mol. The molecule has 2 N–H and O–H groups in total. The number of rotatable bonds is 2. The first kappa shape index (κ1) is 9.97. The van der Waals surface area contributed by atoms with Crippen LogP contribution in [0.15, 0.2) is 0 Å². The summed E-state index contributed by atoms with van der Waals surface area (Å²) in [5.74, 6) is 0.902. The third kappa shape index (κ3) is 1.44. The SMILES string of the molecule is CCCC1CNC(=O)C12CCNCC2. The summed E-state index contributed by atoms with van der Waals surface area (Å²) >= 11 is 0. The second kappa shape index (κ2) is 3.89. The minimum atomic E-state index is -0.0126. The van der Waals surface area contributed by atoms with Crippen LogP contribution >= 0.6 is 0 Å². The normalized spacial score (nSPS) is 30.6. The zero-order valence-electron chi connectivity index (χ0n) is 8.94. The molecule has 1 unspecified atom stereocenters. The maximum absolute atomic E-state index is 11.9. The topological polar surface area (TPSA) is 41.1 Å². The second-order valence-electron chi connectivity index (χ2n) is 4.60. The van der Waals surface area contributed by atoms with Gasteiger partial charge in [-0.1, -0.05) is 13.3 Å². The quantitative estimate of drug-likeness (QED) is 0.689. The van der Waals surface area contributed by atoms with Gasteiger partial charge in [-0.3, -0.25) is 4.79 Å². The summed E-state index contributed by atoms with van der Waals surface area (Å²) in [5.41, 5.74) is -0.0126. The fraction of sp³-hybridized carbons (Fsp3) is 0.909. The van der Waals surface area contributed by atoms with E-state index >= 15 is 0 Å². The van der Waals surface area contributed by atoms with Gasteiger partial charge in [0.15, 0.2) is 0 Å². The van der Waals surface area contributed by atoms with Crippen LogP contribution < -0.4 is 10.6 Å². The lowest BCUT2D eigenvalue weighted by Gasteiger charge is -2.36. The Kier molecular flexibility index (Phi) is 2.77. The summed E-state index contributed by atoms with van der Waals surface area (Å²) < 4.78 is 0. The summed E-state index contributed by atoms with van der Waals surface area (Å²) in [7, 11) is 0. The molecule has 3 heteroatoms. The summed E-state index contributed by atoms with van der Waals surface area (Å²) in [5, 5.41) is 6.39. The van der Waals surface area contributed by atoms with Crippen LogP contribution in [0.1, 0.15) is 32.6 Å². The molecule has 0 aliphatic carbocycles. The van der Waals surface area contributed by atoms with Crippen LogP contribution in [0.3, 0.4) is 0 Å². The molecule has 0 radical (unpaired) electrons. The van der Waals surface area contributed by atoms with E-state index in [1.165, 1.54) is 12.8 Å². The average molecular weight is 196 g/mol. The lowest BCUT2D eigenvalue weighted by molar-refractivity contribution is -0.130. The molecule has 1 atom stereocenters. The van der Waals surface area contributed by atoms with Gasteiger partial charge in [-0.15, -0.1) is 0 Å². The van der Waals surface area contributed by atoms with Crippen molar-refractivity contribution in [2.24, 2.45) is 11.3 Å². The highest BCUT2D eigenvalue weighted by atomic mass is 16.2. The fourth-order valence-corrected chi connectivity index (χ4v) is 3.01. The summed E-state index contributed by atoms with van der Waals surface area (Å²) in [6.07, 6.45) is 4.44. The molecule has 0 aromatic carbocycles. The monoisotopic (exact) mass is 196 g/mol. The molecule has 2 heterocycles. The van der Waals surface area contributed by atoms with Gasteiger partial charge in [-0.2, -0.15) is 0 Å². The van der Waals surface area contributed by atoms with E-state index in [4.69, 9.17) is 0 Å². The van der Waals surface area contributed by atoms with Gasteiger partial charge in [-0.05, 0) is 38.3 Å². The first-order valence-electron chi connectivity index (χ1n) is 5.78. The molecule has 80 valence electrons. The Bertz CT molecular complexity index is 221. The predicted octanol–water partition coefficient (Wildman–Crippen LogP) is 0.902. The molecule has 3 nitrogen and oxygen atoms in total. The van der Waals surface area contributed by atoms with Crippen molar-refractivity contribution in [2.45, 2.75) is 32.6 Å². The number of carbonyl (C=O) groups excluding carboxylic acids is 1. The van der Waals surface area contributed by atoms with Crippen molar-refractivity contribution in [3.63, 3.8) is 0 Å². The number of piperidine rings is 1. The van der Waals surface area contributed by atoms with Crippen LogP contribution in [0.4, 0.5) is 0 Å². The Balaban J connectivity index is 2.13. The van der Waals surface area contributed by atoms with Gasteiger partial charge < -0.3 is 10.6 Å². The summed E-state index contributed by atoms with van der Waals surface area (Å²) in [6, 6.07) is 0. The van der Waals surface area contributed by atoms with E-state index in [0.29, 0.717) is 11.8 Å². The Morgan fingerprint density at radius 3 is 2.79 bits per heavy atom. The minimum Gasteiger partial charge on any atom is -0.355 e. The third-order valence-electron chi connectivity index (χ3n) is 3.88. The van der Waals surface area contributed by atoms with Gasteiger partial charge in [0.05, 0.1) is 5.41 Å². The Morgan fingerprint density at radius 1 is 1.43 bits per heavy atom. The molecule has 1 spiro atoms. The van der Waals surface area contributed by atoms with E-state index in [0.717, 1.165) is 32.5 Å². The number of hydrogen-bond acceptors (Lipinski definition) is 2. The van der Waals surface area contributed by atoms with Crippen LogP contribution in [0, 0.1) is 11.3 Å². The highest BCUT2D eigenvalue weighted by Gasteiger charge is 2.49. The van der Waals surface area contributed by atoms with Gasteiger partial charge in [0.25, 0.3) is 0 Å². The molecule has 14 heavy (non-hydrogen) atoms. The molecule has 2 rings (SSSR count). The molecule has 0 bridgehead atoms. The smallest absolute Gasteiger partial charge is 0.226 e. The molecular weight excluding hydrogens is 176 g/mol. The number of hydrogen-bond donors (Lipinski definition) is 2.